The summed E-state index contributed by atoms with van der Waals surface area (Å²) in [6, 6.07) is 21.4. The van der Waals surface area contributed by atoms with Crippen molar-refractivity contribution in [1.82, 2.24) is 4.72 Å². The van der Waals surface area contributed by atoms with E-state index in [-0.39, 0.29) is 12.1 Å². The van der Waals surface area contributed by atoms with Gasteiger partial charge in [-0.25, -0.2) is 4.72 Å². The minimum atomic E-state index is -3.96. The molecule has 158 valence electrons. The number of benzene rings is 3. The fourth-order valence-electron chi connectivity index (χ4n) is 3.68. The highest BCUT2D eigenvalue weighted by molar-refractivity contribution is 7.89. The molecule has 1 aliphatic heterocycles. The highest BCUT2D eigenvalue weighted by Crippen LogP contribution is 2.28. The molecule has 0 fully saturated rings. The second-order valence-electron chi connectivity index (χ2n) is 7.50. The summed E-state index contributed by atoms with van der Waals surface area (Å²) in [5.41, 5.74) is 6.69. The maximum atomic E-state index is 11.6. The number of nitrogens with one attached hydrogen (secondary N) is 1. The maximum Gasteiger partial charge on any atom is 0.344 e. The molecule has 0 bridgehead atoms. The average Bonchev–Trinajstić information content (AvgIpc) is 2.71. The van der Waals surface area contributed by atoms with E-state index in [0.717, 1.165) is 11.1 Å². The van der Waals surface area contributed by atoms with Crippen LogP contribution in [0.2, 0.25) is 0 Å². The molecule has 7 heteroatoms. The first kappa shape index (κ1) is 20.8. The first-order valence-electron chi connectivity index (χ1n) is 9.84. The van der Waals surface area contributed by atoms with Crippen LogP contribution in [0.1, 0.15) is 28.7 Å². The van der Waals surface area contributed by atoms with E-state index >= 15 is 0 Å². The van der Waals surface area contributed by atoms with Crippen molar-refractivity contribution in [1.29, 1.82) is 0 Å². The summed E-state index contributed by atoms with van der Waals surface area (Å²) in [5.74, 6) is 0.0547. The SMILES string of the molecule is Cc1cccc(C)c1-c1cccc(COc2ccc(C3=NS(=O)(=O)NC(=O)C3)cc2)c1. The summed E-state index contributed by atoms with van der Waals surface area (Å²) in [6.45, 7) is 4.62. The van der Waals surface area contributed by atoms with Crippen LogP contribution in [0.4, 0.5) is 0 Å². The Morgan fingerprint density at radius 2 is 1.61 bits per heavy atom. The van der Waals surface area contributed by atoms with Gasteiger partial charge in [0.1, 0.15) is 12.4 Å². The minimum absolute atomic E-state index is 0.0788. The van der Waals surface area contributed by atoms with Crippen LogP contribution in [0.15, 0.2) is 71.1 Å². The Labute approximate surface area is 181 Å². The number of aryl methyl sites for hydroxylation is 2. The number of rotatable bonds is 5. The van der Waals surface area contributed by atoms with Gasteiger partial charge in [0, 0.05) is 0 Å². The van der Waals surface area contributed by atoms with Gasteiger partial charge in [0.15, 0.2) is 0 Å². The average molecular weight is 435 g/mol. The number of nitrogens with zero attached hydrogens (tertiary/aromatic N) is 1. The number of hydrogen-bond acceptors (Lipinski definition) is 4. The fourth-order valence-corrected chi connectivity index (χ4v) is 4.55. The zero-order chi connectivity index (χ0) is 22.0. The standard InChI is InChI=1S/C24H22N2O4S/c1-16-5-3-6-17(2)24(16)20-8-4-7-18(13-20)15-30-21-11-9-19(10-12-21)22-14-23(27)26-31(28,29)25-22/h3-13H,14-15H2,1-2H3,(H,26,27). The van der Waals surface area contributed by atoms with Gasteiger partial charge in [-0.3, -0.25) is 4.79 Å². The number of amides is 1. The van der Waals surface area contributed by atoms with E-state index < -0.39 is 16.1 Å². The van der Waals surface area contributed by atoms with Crippen LogP contribution in [0, 0.1) is 13.8 Å². The maximum absolute atomic E-state index is 11.6. The molecule has 0 unspecified atom stereocenters. The van der Waals surface area contributed by atoms with Crippen LogP contribution in [-0.4, -0.2) is 20.0 Å². The Morgan fingerprint density at radius 1 is 0.935 bits per heavy atom. The Hall–Kier alpha value is -3.45. The smallest absolute Gasteiger partial charge is 0.344 e. The lowest BCUT2D eigenvalue weighted by Crippen LogP contribution is -2.36. The highest BCUT2D eigenvalue weighted by atomic mass is 32.2. The van der Waals surface area contributed by atoms with E-state index in [0.29, 0.717) is 17.9 Å². The lowest BCUT2D eigenvalue weighted by molar-refractivity contribution is -0.118. The van der Waals surface area contributed by atoms with Crippen molar-refractivity contribution in [3.8, 4) is 16.9 Å². The monoisotopic (exact) mass is 434 g/mol. The summed E-state index contributed by atoms with van der Waals surface area (Å²) in [7, 11) is -3.96. The second kappa shape index (κ2) is 8.35. The van der Waals surface area contributed by atoms with Crippen LogP contribution in [0.3, 0.4) is 0 Å². The number of carbonyl (C=O) groups is 1. The molecule has 4 rings (SSSR count). The van der Waals surface area contributed by atoms with Gasteiger partial charge < -0.3 is 4.74 Å². The molecule has 0 spiro atoms. The molecule has 3 aromatic rings. The molecular weight excluding hydrogens is 412 g/mol. The Kier molecular flexibility index (Phi) is 5.61. The van der Waals surface area contributed by atoms with E-state index in [4.69, 9.17) is 4.74 Å². The molecule has 1 amide bonds. The largest absolute Gasteiger partial charge is 0.489 e. The molecule has 0 atom stereocenters. The lowest BCUT2D eigenvalue weighted by Gasteiger charge is -2.14. The second-order valence-corrected chi connectivity index (χ2v) is 8.83. The Balaban J connectivity index is 1.48. The molecule has 1 heterocycles. The number of hydrogen-bond donors (Lipinski definition) is 1. The first-order valence-corrected chi connectivity index (χ1v) is 11.3. The molecular formula is C24H22N2O4S. The summed E-state index contributed by atoms with van der Waals surface area (Å²) in [5, 5.41) is 0. The van der Waals surface area contributed by atoms with E-state index in [2.05, 4.69) is 48.6 Å². The summed E-state index contributed by atoms with van der Waals surface area (Å²) in [4.78, 5) is 11.6. The molecule has 0 radical (unpaired) electrons. The van der Waals surface area contributed by atoms with E-state index in [1.165, 1.54) is 16.7 Å². The van der Waals surface area contributed by atoms with Crippen molar-refractivity contribution >= 4 is 21.8 Å². The lowest BCUT2D eigenvalue weighted by atomic mass is 9.95. The molecule has 3 aromatic carbocycles. The summed E-state index contributed by atoms with van der Waals surface area (Å²) < 4.78 is 34.6. The quantitative estimate of drug-likeness (QED) is 0.655. The molecule has 0 aromatic heterocycles. The molecule has 6 nitrogen and oxygen atoms in total. The van der Waals surface area contributed by atoms with Crippen LogP contribution in [0.25, 0.3) is 11.1 Å². The number of carbonyl (C=O) groups excluding carboxylic acids is 1. The molecule has 1 N–H and O–H groups in total. The normalized spacial score (nSPS) is 15.2. The molecule has 1 aliphatic rings. The van der Waals surface area contributed by atoms with Crippen LogP contribution < -0.4 is 9.46 Å². The predicted molar refractivity (Wildman–Crippen MR) is 120 cm³/mol. The van der Waals surface area contributed by atoms with Crippen molar-refractivity contribution in [2.75, 3.05) is 0 Å². The van der Waals surface area contributed by atoms with Gasteiger partial charge in [0.2, 0.25) is 5.91 Å². The van der Waals surface area contributed by atoms with Gasteiger partial charge in [-0.1, -0.05) is 36.4 Å². The van der Waals surface area contributed by atoms with Gasteiger partial charge in [-0.2, -0.15) is 8.42 Å². The van der Waals surface area contributed by atoms with Crippen LogP contribution >= 0.6 is 0 Å². The van der Waals surface area contributed by atoms with Crippen LogP contribution in [-0.2, 0) is 21.6 Å². The van der Waals surface area contributed by atoms with Gasteiger partial charge in [-0.05, 0) is 77.6 Å². The van der Waals surface area contributed by atoms with Crippen molar-refractivity contribution < 1.29 is 17.9 Å². The van der Waals surface area contributed by atoms with Gasteiger partial charge in [0.05, 0.1) is 12.1 Å². The highest BCUT2D eigenvalue weighted by Gasteiger charge is 2.23. The van der Waals surface area contributed by atoms with E-state index in [9.17, 15) is 13.2 Å². The van der Waals surface area contributed by atoms with E-state index in [1.807, 2.05) is 16.9 Å². The zero-order valence-electron chi connectivity index (χ0n) is 17.3. The fraction of sp³-hybridized carbons (Fsp3) is 0.167. The first-order chi connectivity index (χ1) is 14.8. The van der Waals surface area contributed by atoms with Gasteiger partial charge in [0.25, 0.3) is 0 Å². The topological polar surface area (TPSA) is 84.8 Å². The van der Waals surface area contributed by atoms with E-state index in [1.54, 1.807) is 24.3 Å². The van der Waals surface area contributed by atoms with Gasteiger partial charge >= 0.3 is 10.2 Å². The zero-order valence-corrected chi connectivity index (χ0v) is 18.1. The molecule has 0 saturated heterocycles. The third kappa shape index (κ3) is 4.83. The molecule has 31 heavy (non-hydrogen) atoms. The van der Waals surface area contributed by atoms with Crippen LogP contribution in [0.5, 0.6) is 5.75 Å². The third-order valence-electron chi connectivity index (χ3n) is 5.09. The van der Waals surface area contributed by atoms with Crippen molar-refractivity contribution in [3.63, 3.8) is 0 Å². The Bertz CT molecular complexity index is 1260. The van der Waals surface area contributed by atoms with Crippen molar-refractivity contribution in [2.24, 2.45) is 4.40 Å². The Morgan fingerprint density at radius 3 is 2.29 bits per heavy atom. The summed E-state index contributed by atoms with van der Waals surface area (Å²) >= 11 is 0. The molecule has 0 aliphatic carbocycles. The number of ether oxygens (including phenoxy) is 1. The minimum Gasteiger partial charge on any atom is -0.489 e. The molecule has 0 saturated carbocycles. The van der Waals surface area contributed by atoms with Crippen molar-refractivity contribution in [2.45, 2.75) is 26.9 Å². The predicted octanol–water partition coefficient (Wildman–Crippen LogP) is 4.10. The third-order valence-corrected chi connectivity index (χ3v) is 6.04. The summed E-state index contributed by atoms with van der Waals surface area (Å²) in [6.07, 6.45) is -0.0788. The van der Waals surface area contributed by atoms with Gasteiger partial charge in [-0.15, -0.1) is 4.40 Å². The van der Waals surface area contributed by atoms with Crippen molar-refractivity contribution in [3.05, 3.63) is 89.0 Å².